The average molecular weight is 514 g/mol. The number of carbonyl (C=O) groups is 1. The average Bonchev–Trinajstić information content (AvgIpc) is 3.33. The van der Waals surface area contributed by atoms with Crippen molar-refractivity contribution in [2.24, 2.45) is 20.0 Å². The first-order chi connectivity index (χ1) is 18.4. The molecule has 1 spiro atoms. The second-order valence-corrected chi connectivity index (χ2v) is 11.0. The molecule has 38 heavy (non-hydrogen) atoms. The lowest BCUT2D eigenvalue weighted by atomic mass is 9.78. The molecule has 6 heterocycles. The number of rotatable bonds is 0. The number of carbonyl (C=O) groups excluding carboxylic acids is 1. The molecule has 1 amide bonds. The first-order valence-corrected chi connectivity index (χ1v) is 13.3. The Bertz CT molecular complexity index is 1620. The first kappa shape index (κ1) is 23.2. The number of fused-ring (bicyclic) bond motifs is 9. The molecule has 1 N–H and O–H groups in total. The maximum absolute atomic E-state index is 13.7. The minimum atomic E-state index is -0.310. The monoisotopic (exact) mass is 513 g/mol. The zero-order valence-corrected chi connectivity index (χ0v) is 21.7. The summed E-state index contributed by atoms with van der Waals surface area (Å²) in [5.41, 5.74) is 2.82. The van der Waals surface area contributed by atoms with Gasteiger partial charge in [-0.3, -0.25) is 19.8 Å². The minimum absolute atomic E-state index is 0.182. The summed E-state index contributed by atoms with van der Waals surface area (Å²) in [4.78, 5) is 34.3. The van der Waals surface area contributed by atoms with Gasteiger partial charge in [-0.15, -0.1) is 0 Å². The first-order valence-electron chi connectivity index (χ1n) is 13.3. The van der Waals surface area contributed by atoms with E-state index in [0.717, 1.165) is 56.4 Å². The van der Waals surface area contributed by atoms with E-state index < -0.39 is 0 Å². The maximum Gasteiger partial charge on any atom is 0.259 e. The summed E-state index contributed by atoms with van der Waals surface area (Å²) in [7, 11) is 3.46. The van der Waals surface area contributed by atoms with Gasteiger partial charge in [0.05, 0.1) is 39.5 Å². The summed E-state index contributed by atoms with van der Waals surface area (Å²) in [5.74, 6) is 1.42. The van der Waals surface area contributed by atoms with Crippen LogP contribution in [0.1, 0.15) is 36.0 Å². The van der Waals surface area contributed by atoms with Gasteiger partial charge >= 0.3 is 0 Å². The number of hydrogen-bond acceptors (Lipinski definition) is 6. The van der Waals surface area contributed by atoms with Crippen molar-refractivity contribution in [1.29, 1.82) is 0 Å². The molecule has 1 saturated carbocycles. The molecule has 3 fully saturated rings. The van der Waals surface area contributed by atoms with Crippen molar-refractivity contribution < 1.29 is 9.53 Å². The predicted molar refractivity (Wildman–Crippen MR) is 143 cm³/mol. The van der Waals surface area contributed by atoms with Crippen LogP contribution in [-0.4, -0.2) is 60.9 Å². The molecule has 1 aromatic carbocycles. The van der Waals surface area contributed by atoms with Gasteiger partial charge in [-0.05, 0) is 49.8 Å². The van der Waals surface area contributed by atoms with Crippen LogP contribution in [0, 0.1) is 5.92 Å². The highest BCUT2D eigenvalue weighted by Crippen LogP contribution is 2.45. The topological polar surface area (TPSA) is 99.2 Å². The lowest BCUT2D eigenvalue weighted by Gasteiger charge is -2.40. The van der Waals surface area contributed by atoms with Gasteiger partial charge in [-0.2, -0.15) is 5.10 Å². The zero-order chi connectivity index (χ0) is 26.0. The number of ether oxygens (including phenoxy) is 1. The van der Waals surface area contributed by atoms with Crippen molar-refractivity contribution >= 4 is 22.9 Å². The van der Waals surface area contributed by atoms with Gasteiger partial charge in [0.15, 0.2) is 0 Å². The Labute approximate surface area is 219 Å². The highest BCUT2D eigenvalue weighted by Gasteiger charge is 2.44. The standard InChI is InChI=1S/C28H31N7O3/c1-32-16-19-13-20(25(32)37)21-14-29-33(2)26(21)38-12-11-34-15-18-7-9-28(17-34,10-8-18)35-23-6-4-3-5-22(23)30-27(35)31-24(19)36/h3-6,13-14,16,18H,7-12,15,17H2,1-2H3,(H,30,31,36). The van der Waals surface area contributed by atoms with Gasteiger partial charge in [0, 0.05) is 39.9 Å². The Hall–Kier alpha value is -3.92. The molecule has 4 aromatic rings. The van der Waals surface area contributed by atoms with Crippen molar-refractivity contribution in [2.75, 3.05) is 31.6 Å². The quantitative estimate of drug-likeness (QED) is 0.388. The lowest BCUT2D eigenvalue weighted by molar-refractivity contribution is 0.102. The van der Waals surface area contributed by atoms with Gasteiger partial charge in [-0.1, -0.05) is 12.1 Å². The number of hydrogen-bond donors (Lipinski definition) is 1. The number of aromatic nitrogens is 5. The second kappa shape index (κ2) is 8.56. The normalized spacial score (nSPS) is 24.9. The molecule has 0 radical (unpaired) electrons. The molecule has 3 aromatic heterocycles. The van der Waals surface area contributed by atoms with Gasteiger partial charge in [0.25, 0.3) is 11.5 Å². The third-order valence-corrected chi connectivity index (χ3v) is 8.60. The molecule has 196 valence electrons. The van der Waals surface area contributed by atoms with Gasteiger partial charge in [-0.25, -0.2) is 9.67 Å². The van der Waals surface area contributed by atoms with Gasteiger partial charge < -0.3 is 13.9 Å². The van der Waals surface area contributed by atoms with Crippen LogP contribution in [0.3, 0.4) is 0 Å². The smallest absolute Gasteiger partial charge is 0.259 e. The fourth-order valence-electron chi connectivity index (χ4n) is 6.71. The maximum atomic E-state index is 13.7. The van der Waals surface area contributed by atoms with Crippen molar-refractivity contribution in [3.8, 4) is 17.0 Å². The van der Waals surface area contributed by atoms with E-state index in [0.29, 0.717) is 41.0 Å². The summed E-state index contributed by atoms with van der Waals surface area (Å²) < 4.78 is 11.7. The van der Waals surface area contributed by atoms with Crippen molar-refractivity contribution in [3.05, 3.63) is 58.6 Å². The van der Waals surface area contributed by atoms with Crippen molar-refractivity contribution in [1.82, 2.24) is 28.8 Å². The lowest BCUT2D eigenvalue weighted by Crippen LogP contribution is -2.45. The molecule has 10 heteroatoms. The number of pyridine rings is 1. The third kappa shape index (κ3) is 3.58. The highest BCUT2D eigenvalue weighted by atomic mass is 16.5. The van der Waals surface area contributed by atoms with E-state index >= 15 is 0 Å². The fourth-order valence-corrected chi connectivity index (χ4v) is 6.71. The highest BCUT2D eigenvalue weighted by molar-refractivity contribution is 6.04. The molecule has 10 nitrogen and oxygen atoms in total. The number of aryl methyl sites for hydroxylation is 2. The van der Waals surface area contributed by atoms with Gasteiger partial charge in [0.2, 0.25) is 11.8 Å². The van der Waals surface area contributed by atoms with Gasteiger partial charge in [0.1, 0.15) is 6.61 Å². The van der Waals surface area contributed by atoms with Crippen LogP contribution >= 0.6 is 0 Å². The molecule has 1 aliphatic carbocycles. The predicted octanol–water partition coefficient (Wildman–Crippen LogP) is 2.98. The van der Waals surface area contributed by atoms with Crippen LogP contribution < -0.4 is 15.6 Å². The molecular formula is C28H31N7O3. The summed E-state index contributed by atoms with van der Waals surface area (Å²) in [6.07, 6.45) is 7.56. The van der Waals surface area contributed by atoms with Crippen LogP contribution in [0.2, 0.25) is 0 Å². The zero-order valence-electron chi connectivity index (χ0n) is 21.7. The number of nitrogens with one attached hydrogen (secondary N) is 1. The number of benzene rings is 1. The SMILES string of the molecule is Cn1ncc2c1OCCN1CC3CCC(CC3)(C1)n1c(nc3ccccc31)NC(=O)c1cc-2c(=O)n(C)c1. The molecule has 8 rings (SSSR count). The Morgan fingerprint density at radius 1 is 1.11 bits per heavy atom. The molecule has 5 bridgehead atoms. The number of amides is 1. The Kier molecular flexibility index (Phi) is 5.23. The summed E-state index contributed by atoms with van der Waals surface area (Å²) in [6.45, 7) is 3.13. The molecule has 1 unspecified atom stereocenters. The van der Waals surface area contributed by atoms with Crippen LogP contribution in [0.5, 0.6) is 5.88 Å². The van der Waals surface area contributed by atoms with Crippen molar-refractivity contribution in [2.45, 2.75) is 31.2 Å². The Morgan fingerprint density at radius 3 is 2.76 bits per heavy atom. The molecule has 4 aliphatic rings. The van der Waals surface area contributed by atoms with E-state index in [2.05, 4.69) is 25.9 Å². The number of para-hydroxylation sites is 2. The Morgan fingerprint density at radius 2 is 1.92 bits per heavy atom. The summed E-state index contributed by atoms with van der Waals surface area (Å²) >= 11 is 0. The van der Waals surface area contributed by atoms with Crippen molar-refractivity contribution in [3.63, 3.8) is 0 Å². The summed E-state index contributed by atoms with van der Waals surface area (Å²) in [6, 6.07) is 9.74. The van der Waals surface area contributed by atoms with E-state index in [9.17, 15) is 9.59 Å². The number of imidazole rings is 1. The fraction of sp³-hybridized carbons (Fsp3) is 0.429. The Balaban J connectivity index is 1.43. The summed E-state index contributed by atoms with van der Waals surface area (Å²) in [5, 5.41) is 7.50. The van der Waals surface area contributed by atoms with Crippen LogP contribution in [0.15, 0.2) is 47.5 Å². The molecule has 3 aliphatic heterocycles. The second-order valence-electron chi connectivity index (χ2n) is 11.0. The van der Waals surface area contributed by atoms with E-state index in [1.165, 1.54) is 4.57 Å². The van der Waals surface area contributed by atoms with Crippen LogP contribution in [0.25, 0.3) is 22.2 Å². The van der Waals surface area contributed by atoms with E-state index in [4.69, 9.17) is 9.72 Å². The van der Waals surface area contributed by atoms with E-state index in [1.54, 1.807) is 37.2 Å². The molecule has 2 saturated heterocycles. The van der Waals surface area contributed by atoms with E-state index in [1.807, 2.05) is 18.2 Å². The third-order valence-electron chi connectivity index (χ3n) is 8.60. The molecular weight excluding hydrogens is 482 g/mol. The van der Waals surface area contributed by atoms with Crippen LogP contribution in [-0.2, 0) is 19.6 Å². The number of anilines is 1. The number of nitrogens with zero attached hydrogens (tertiary/aromatic N) is 6. The largest absolute Gasteiger partial charge is 0.476 e. The van der Waals surface area contributed by atoms with E-state index in [-0.39, 0.29) is 17.0 Å². The van der Waals surface area contributed by atoms with Crippen LogP contribution in [0.4, 0.5) is 5.95 Å². The molecule has 1 atom stereocenters. The minimum Gasteiger partial charge on any atom is -0.476 e.